The van der Waals surface area contributed by atoms with Crippen LogP contribution >= 0.6 is 0 Å². The summed E-state index contributed by atoms with van der Waals surface area (Å²) in [4.78, 5) is 17.2. The summed E-state index contributed by atoms with van der Waals surface area (Å²) in [6, 6.07) is 18.1. The Labute approximate surface area is 142 Å². The number of aromatic nitrogens is 1. The molecule has 2 aromatic carbocycles. The van der Waals surface area contributed by atoms with Crippen molar-refractivity contribution >= 4 is 22.5 Å². The van der Waals surface area contributed by atoms with Crippen molar-refractivity contribution in [3.05, 3.63) is 71.4 Å². The molecule has 0 aliphatic heterocycles. The highest BCUT2D eigenvalue weighted by Gasteiger charge is 2.13. The molecular formula is C21H22N2O. The van der Waals surface area contributed by atoms with Crippen molar-refractivity contribution in [3.63, 3.8) is 0 Å². The number of amides is 1. The van der Waals surface area contributed by atoms with Gasteiger partial charge in [0.25, 0.3) is 0 Å². The van der Waals surface area contributed by atoms with Gasteiger partial charge in [0, 0.05) is 17.5 Å². The molecule has 0 saturated carbocycles. The van der Waals surface area contributed by atoms with E-state index in [4.69, 9.17) is 4.98 Å². The lowest BCUT2D eigenvalue weighted by molar-refractivity contribution is -0.116. The zero-order chi connectivity index (χ0) is 16.9. The average Bonchev–Trinajstić information content (AvgIpc) is 2.63. The van der Waals surface area contributed by atoms with Crippen molar-refractivity contribution in [2.45, 2.75) is 33.1 Å². The summed E-state index contributed by atoms with van der Waals surface area (Å²) in [6.45, 7) is 4.12. The third-order valence-electron chi connectivity index (χ3n) is 4.32. The summed E-state index contributed by atoms with van der Waals surface area (Å²) in [5.74, 6) is 0.0420. The van der Waals surface area contributed by atoms with Gasteiger partial charge < -0.3 is 5.32 Å². The first-order valence-corrected chi connectivity index (χ1v) is 8.41. The summed E-state index contributed by atoms with van der Waals surface area (Å²) < 4.78 is 0. The second kappa shape index (κ2) is 7.26. The van der Waals surface area contributed by atoms with Gasteiger partial charge in [-0.1, -0.05) is 55.5 Å². The monoisotopic (exact) mass is 318 g/mol. The van der Waals surface area contributed by atoms with Crippen LogP contribution in [0, 0.1) is 6.92 Å². The average molecular weight is 318 g/mol. The fourth-order valence-electron chi connectivity index (χ4n) is 2.97. The number of fused-ring (bicyclic) bond motifs is 1. The quantitative estimate of drug-likeness (QED) is 0.742. The highest BCUT2D eigenvalue weighted by Crippen LogP contribution is 2.28. The van der Waals surface area contributed by atoms with Crippen LogP contribution in [0.1, 0.15) is 30.2 Å². The van der Waals surface area contributed by atoms with E-state index < -0.39 is 0 Å². The smallest absolute Gasteiger partial charge is 0.224 e. The lowest BCUT2D eigenvalue weighted by Gasteiger charge is -2.15. The van der Waals surface area contributed by atoms with Crippen LogP contribution in [0.15, 0.2) is 54.6 Å². The topological polar surface area (TPSA) is 42.0 Å². The van der Waals surface area contributed by atoms with Crippen LogP contribution in [0.3, 0.4) is 0 Å². The van der Waals surface area contributed by atoms with Gasteiger partial charge in [-0.2, -0.15) is 0 Å². The molecule has 0 aliphatic rings. The van der Waals surface area contributed by atoms with E-state index in [0.717, 1.165) is 40.7 Å². The fraction of sp³-hybridized carbons (Fsp3) is 0.238. The number of hydrogen-bond acceptors (Lipinski definition) is 2. The number of benzene rings is 2. The van der Waals surface area contributed by atoms with Crippen molar-refractivity contribution < 1.29 is 4.79 Å². The molecule has 3 aromatic rings. The van der Waals surface area contributed by atoms with Crippen molar-refractivity contribution in [1.82, 2.24) is 4.98 Å². The Morgan fingerprint density at radius 3 is 2.50 bits per heavy atom. The normalized spacial score (nSPS) is 10.8. The number of aryl methyl sites for hydroxylation is 2. The van der Waals surface area contributed by atoms with Gasteiger partial charge in [-0.3, -0.25) is 9.78 Å². The van der Waals surface area contributed by atoms with Crippen LogP contribution in [-0.4, -0.2) is 10.9 Å². The molecule has 1 amide bonds. The van der Waals surface area contributed by atoms with Crippen LogP contribution < -0.4 is 5.32 Å². The minimum absolute atomic E-state index is 0.0420. The maximum absolute atomic E-state index is 12.4. The molecule has 0 aliphatic carbocycles. The van der Waals surface area contributed by atoms with Gasteiger partial charge in [-0.05, 0) is 37.0 Å². The number of para-hydroxylation sites is 1. The van der Waals surface area contributed by atoms with Gasteiger partial charge in [0.05, 0.1) is 11.2 Å². The molecule has 3 nitrogen and oxygen atoms in total. The van der Waals surface area contributed by atoms with E-state index >= 15 is 0 Å². The van der Waals surface area contributed by atoms with Crippen LogP contribution in [0.5, 0.6) is 0 Å². The van der Waals surface area contributed by atoms with Crippen LogP contribution in [0.4, 0.5) is 5.69 Å². The molecule has 3 rings (SSSR count). The highest BCUT2D eigenvalue weighted by molar-refractivity contribution is 6.02. The number of hydrogen-bond donors (Lipinski definition) is 1. The molecule has 1 heterocycles. The molecule has 0 atom stereocenters. The second-order valence-electron chi connectivity index (χ2n) is 5.96. The lowest BCUT2D eigenvalue weighted by Crippen LogP contribution is -2.14. The molecule has 0 unspecified atom stereocenters. The van der Waals surface area contributed by atoms with Crippen molar-refractivity contribution in [2.75, 3.05) is 5.32 Å². The zero-order valence-corrected chi connectivity index (χ0v) is 14.2. The van der Waals surface area contributed by atoms with Gasteiger partial charge in [-0.15, -0.1) is 0 Å². The third-order valence-corrected chi connectivity index (χ3v) is 4.32. The lowest BCUT2D eigenvalue weighted by atomic mass is 10.0. The molecule has 0 bridgehead atoms. The Bertz CT molecular complexity index is 856. The van der Waals surface area contributed by atoms with E-state index in [-0.39, 0.29) is 5.91 Å². The van der Waals surface area contributed by atoms with Crippen LogP contribution in [0.2, 0.25) is 0 Å². The predicted molar refractivity (Wildman–Crippen MR) is 99.3 cm³/mol. The van der Waals surface area contributed by atoms with E-state index in [9.17, 15) is 4.79 Å². The first-order valence-electron chi connectivity index (χ1n) is 8.41. The number of pyridine rings is 1. The molecule has 3 heteroatoms. The van der Waals surface area contributed by atoms with E-state index in [0.29, 0.717) is 6.42 Å². The first-order chi connectivity index (χ1) is 11.7. The number of carbonyl (C=O) groups excluding carboxylic acids is 1. The Morgan fingerprint density at radius 1 is 1.04 bits per heavy atom. The molecule has 122 valence electrons. The van der Waals surface area contributed by atoms with Crippen molar-refractivity contribution in [2.24, 2.45) is 0 Å². The second-order valence-corrected chi connectivity index (χ2v) is 5.96. The minimum atomic E-state index is 0.0420. The van der Waals surface area contributed by atoms with E-state index in [2.05, 4.69) is 24.4 Å². The Morgan fingerprint density at radius 2 is 1.75 bits per heavy atom. The molecule has 1 aromatic heterocycles. The highest BCUT2D eigenvalue weighted by atomic mass is 16.1. The third kappa shape index (κ3) is 3.46. The Balaban J connectivity index is 1.83. The van der Waals surface area contributed by atoms with Gasteiger partial charge in [0.2, 0.25) is 5.91 Å². The molecule has 0 fully saturated rings. The fourth-order valence-corrected chi connectivity index (χ4v) is 2.97. The van der Waals surface area contributed by atoms with Gasteiger partial charge in [0.15, 0.2) is 0 Å². The van der Waals surface area contributed by atoms with E-state index in [1.54, 1.807) is 0 Å². The van der Waals surface area contributed by atoms with Crippen molar-refractivity contribution in [1.29, 1.82) is 0 Å². The summed E-state index contributed by atoms with van der Waals surface area (Å²) in [5, 5.41) is 4.12. The summed E-state index contributed by atoms with van der Waals surface area (Å²) in [7, 11) is 0. The number of anilines is 1. The van der Waals surface area contributed by atoms with E-state index in [1.165, 1.54) is 5.56 Å². The molecule has 0 saturated heterocycles. The Hall–Kier alpha value is -2.68. The number of nitrogens with zero attached hydrogens (tertiary/aromatic N) is 1. The molecular weight excluding hydrogens is 296 g/mol. The molecule has 24 heavy (non-hydrogen) atoms. The van der Waals surface area contributed by atoms with Crippen LogP contribution in [-0.2, 0) is 17.6 Å². The standard InChI is InChI=1S/C21H22N2O/c1-3-18-15(2)21(17-11-7-8-12-19(17)22-18)23-20(24)14-13-16-9-5-4-6-10-16/h4-12H,3,13-14H2,1-2H3,(H,22,23,24). The largest absolute Gasteiger partial charge is 0.325 e. The SMILES string of the molecule is CCc1nc2ccccc2c(NC(=O)CCc2ccccc2)c1C. The van der Waals surface area contributed by atoms with Crippen molar-refractivity contribution in [3.8, 4) is 0 Å². The van der Waals surface area contributed by atoms with E-state index in [1.807, 2.05) is 49.4 Å². The van der Waals surface area contributed by atoms with Gasteiger partial charge in [-0.25, -0.2) is 0 Å². The number of rotatable bonds is 5. The maximum atomic E-state index is 12.4. The van der Waals surface area contributed by atoms with Crippen LogP contribution in [0.25, 0.3) is 10.9 Å². The first kappa shape index (κ1) is 16.2. The minimum Gasteiger partial charge on any atom is -0.325 e. The maximum Gasteiger partial charge on any atom is 0.224 e. The molecule has 1 N–H and O–H groups in total. The summed E-state index contributed by atoms with van der Waals surface area (Å²) in [6.07, 6.45) is 2.07. The number of nitrogens with one attached hydrogen (secondary N) is 1. The number of carbonyl (C=O) groups is 1. The zero-order valence-electron chi connectivity index (χ0n) is 14.2. The summed E-state index contributed by atoms with van der Waals surface area (Å²) in [5.41, 5.74) is 5.10. The molecule has 0 radical (unpaired) electrons. The summed E-state index contributed by atoms with van der Waals surface area (Å²) >= 11 is 0. The Kier molecular flexibility index (Phi) is 4.90. The van der Waals surface area contributed by atoms with Gasteiger partial charge in [0.1, 0.15) is 0 Å². The predicted octanol–water partition coefficient (Wildman–Crippen LogP) is 4.68. The molecule has 0 spiro atoms. The van der Waals surface area contributed by atoms with Gasteiger partial charge >= 0.3 is 0 Å².